The Morgan fingerprint density at radius 2 is 2.05 bits per heavy atom. The van der Waals surface area contributed by atoms with Gasteiger partial charge in [-0.1, -0.05) is 5.11 Å². The van der Waals surface area contributed by atoms with Gasteiger partial charge >= 0.3 is 12.1 Å². The van der Waals surface area contributed by atoms with Gasteiger partial charge < -0.3 is 15.2 Å². The lowest BCUT2D eigenvalue weighted by Gasteiger charge is -2.32. The van der Waals surface area contributed by atoms with E-state index in [1.807, 2.05) is 0 Å². The van der Waals surface area contributed by atoms with E-state index in [-0.39, 0.29) is 6.42 Å². The molecule has 1 aliphatic rings. The van der Waals surface area contributed by atoms with Crippen molar-refractivity contribution in [3.63, 3.8) is 0 Å². The van der Waals surface area contributed by atoms with Crippen LogP contribution in [0, 0.1) is 5.92 Å². The van der Waals surface area contributed by atoms with Crippen molar-refractivity contribution in [1.29, 1.82) is 0 Å². The van der Waals surface area contributed by atoms with Crippen LogP contribution >= 0.6 is 0 Å². The Kier molecular flexibility index (Phi) is 5.21. The predicted molar refractivity (Wildman–Crippen MR) is 71.1 cm³/mol. The second kappa shape index (κ2) is 6.47. The molecule has 2 N–H and O–H groups in total. The molecule has 1 amide bonds. The van der Waals surface area contributed by atoms with Crippen LogP contribution in [0.1, 0.15) is 40.0 Å². The third-order valence-electron chi connectivity index (χ3n) is 3.07. The number of alkyl carbamates (subject to hydrolysis) is 1. The molecule has 8 nitrogen and oxygen atoms in total. The Bertz CT molecular complexity index is 426. The van der Waals surface area contributed by atoms with E-state index in [0.29, 0.717) is 12.8 Å². The van der Waals surface area contributed by atoms with Crippen molar-refractivity contribution in [2.75, 3.05) is 0 Å². The zero-order valence-corrected chi connectivity index (χ0v) is 11.9. The molecule has 1 saturated carbocycles. The average molecular weight is 284 g/mol. The number of hydrogen-bond donors (Lipinski definition) is 2. The summed E-state index contributed by atoms with van der Waals surface area (Å²) >= 11 is 0. The van der Waals surface area contributed by atoms with E-state index in [4.69, 9.17) is 15.4 Å². The van der Waals surface area contributed by atoms with Gasteiger partial charge in [0.1, 0.15) is 5.60 Å². The first-order chi connectivity index (χ1) is 9.23. The van der Waals surface area contributed by atoms with E-state index in [2.05, 4.69) is 15.3 Å². The molecule has 8 heteroatoms. The number of ether oxygens (including phenoxy) is 1. The van der Waals surface area contributed by atoms with E-state index in [9.17, 15) is 9.59 Å². The normalized spacial score (nSPS) is 26.2. The van der Waals surface area contributed by atoms with Gasteiger partial charge in [-0.25, -0.2) is 4.79 Å². The first-order valence-corrected chi connectivity index (χ1v) is 6.49. The van der Waals surface area contributed by atoms with Crippen LogP contribution in [0.3, 0.4) is 0 Å². The SMILES string of the molecule is CC(C)(C)OC(=O)N[C@@H]1CC[C@@H](C(=O)O)C[C@H]1N=[N+]=[N-]. The molecular formula is C12H20N4O4. The van der Waals surface area contributed by atoms with Crippen LogP contribution in [0.15, 0.2) is 5.11 Å². The third-order valence-corrected chi connectivity index (χ3v) is 3.07. The quantitative estimate of drug-likeness (QED) is 0.469. The summed E-state index contributed by atoms with van der Waals surface area (Å²) in [5, 5.41) is 15.2. The zero-order valence-electron chi connectivity index (χ0n) is 11.9. The van der Waals surface area contributed by atoms with Crippen LogP contribution in [0.4, 0.5) is 4.79 Å². The van der Waals surface area contributed by atoms with Gasteiger partial charge in [-0.05, 0) is 45.6 Å². The molecule has 1 aliphatic carbocycles. The number of amides is 1. The van der Waals surface area contributed by atoms with E-state index in [1.54, 1.807) is 20.8 Å². The lowest BCUT2D eigenvalue weighted by atomic mass is 9.83. The third kappa shape index (κ3) is 4.97. The molecule has 1 fully saturated rings. The van der Waals surface area contributed by atoms with Crippen molar-refractivity contribution in [1.82, 2.24) is 5.32 Å². The molecule has 0 saturated heterocycles. The van der Waals surface area contributed by atoms with E-state index in [1.165, 1.54) is 0 Å². The predicted octanol–water partition coefficient (Wildman–Crippen LogP) is 2.44. The maximum Gasteiger partial charge on any atom is 0.407 e. The first kappa shape index (κ1) is 16.1. The van der Waals surface area contributed by atoms with Gasteiger partial charge in [0.05, 0.1) is 12.0 Å². The summed E-state index contributed by atoms with van der Waals surface area (Å²) in [6.07, 6.45) is 0.516. The van der Waals surface area contributed by atoms with Crippen LogP contribution < -0.4 is 5.32 Å². The largest absolute Gasteiger partial charge is 0.481 e. The molecule has 0 radical (unpaired) electrons. The van der Waals surface area contributed by atoms with Gasteiger partial charge in [0, 0.05) is 11.0 Å². The molecule has 0 aromatic carbocycles. The van der Waals surface area contributed by atoms with Crippen LogP contribution in [0.2, 0.25) is 0 Å². The standard InChI is InChI=1S/C12H20N4O4/c1-12(2,3)20-11(19)14-8-5-4-7(10(17)18)6-9(8)15-16-13/h7-9H,4-6H2,1-3H3,(H,14,19)(H,17,18)/t7-,8-,9-/m1/s1. The number of carboxylic acid groups (broad SMARTS) is 1. The number of carbonyl (C=O) groups excluding carboxylic acids is 1. The van der Waals surface area contributed by atoms with Gasteiger partial charge in [-0.15, -0.1) is 0 Å². The number of carbonyl (C=O) groups is 2. The number of azide groups is 1. The highest BCUT2D eigenvalue weighted by molar-refractivity contribution is 5.71. The maximum absolute atomic E-state index is 11.7. The molecule has 0 aromatic heterocycles. The highest BCUT2D eigenvalue weighted by Gasteiger charge is 2.34. The van der Waals surface area contributed by atoms with Crippen LogP contribution in [0.25, 0.3) is 10.4 Å². The highest BCUT2D eigenvalue weighted by atomic mass is 16.6. The van der Waals surface area contributed by atoms with Crippen molar-refractivity contribution >= 4 is 12.1 Å². The second-order valence-corrected chi connectivity index (χ2v) is 5.87. The number of hydrogen-bond acceptors (Lipinski definition) is 4. The van der Waals surface area contributed by atoms with E-state index < -0.39 is 35.7 Å². The van der Waals surface area contributed by atoms with Crippen LogP contribution in [-0.4, -0.2) is 34.9 Å². The van der Waals surface area contributed by atoms with Gasteiger partial charge in [0.2, 0.25) is 0 Å². The fraction of sp³-hybridized carbons (Fsp3) is 0.833. The second-order valence-electron chi connectivity index (χ2n) is 5.87. The molecule has 0 bridgehead atoms. The molecule has 0 aromatic rings. The molecule has 3 atom stereocenters. The Morgan fingerprint density at radius 1 is 1.40 bits per heavy atom. The summed E-state index contributed by atoms with van der Waals surface area (Å²) in [4.78, 5) is 25.4. The van der Waals surface area contributed by atoms with Crippen molar-refractivity contribution in [3.8, 4) is 0 Å². The number of nitrogens with zero attached hydrogens (tertiary/aromatic N) is 3. The Labute approximate surface area is 117 Å². The summed E-state index contributed by atoms with van der Waals surface area (Å²) in [6.45, 7) is 5.25. The van der Waals surface area contributed by atoms with Gasteiger partial charge in [-0.2, -0.15) is 0 Å². The van der Waals surface area contributed by atoms with Crippen LogP contribution in [0.5, 0.6) is 0 Å². The Morgan fingerprint density at radius 3 is 2.55 bits per heavy atom. The molecule has 20 heavy (non-hydrogen) atoms. The Balaban J connectivity index is 2.66. The molecule has 0 aliphatic heterocycles. The topological polar surface area (TPSA) is 124 Å². The summed E-state index contributed by atoms with van der Waals surface area (Å²) in [6, 6.07) is -0.960. The highest BCUT2D eigenvalue weighted by Crippen LogP contribution is 2.27. The average Bonchev–Trinajstić information content (AvgIpc) is 2.28. The first-order valence-electron chi connectivity index (χ1n) is 6.49. The summed E-state index contributed by atoms with van der Waals surface area (Å²) in [5.41, 5.74) is 7.93. The summed E-state index contributed by atoms with van der Waals surface area (Å²) in [5.74, 6) is -1.44. The minimum atomic E-state index is -0.904. The summed E-state index contributed by atoms with van der Waals surface area (Å²) in [7, 11) is 0. The lowest BCUT2D eigenvalue weighted by molar-refractivity contribution is -0.143. The van der Waals surface area contributed by atoms with Gasteiger partial charge in [0.15, 0.2) is 0 Å². The van der Waals surface area contributed by atoms with E-state index >= 15 is 0 Å². The number of carboxylic acids is 1. The lowest BCUT2D eigenvalue weighted by Crippen LogP contribution is -2.48. The minimum absolute atomic E-state index is 0.222. The van der Waals surface area contributed by atoms with Crippen molar-refractivity contribution < 1.29 is 19.4 Å². The summed E-state index contributed by atoms with van der Waals surface area (Å²) < 4.78 is 5.14. The smallest absolute Gasteiger partial charge is 0.407 e. The molecule has 1 rings (SSSR count). The zero-order chi connectivity index (χ0) is 15.3. The molecule has 112 valence electrons. The monoisotopic (exact) mass is 284 g/mol. The number of aliphatic carboxylic acids is 1. The number of nitrogens with one attached hydrogen (secondary N) is 1. The number of rotatable bonds is 3. The Hall–Kier alpha value is -1.95. The fourth-order valence-electron chi connectivity index (χ4n) is 2.19. The van der Waals surface area contributed by atoms with Crippen molar-refractivity contribution in [2.24, 2.45) is 11.0 Å². The minimum Gasteiger partial charge on any atom is -0.481 e. The fourth-order valence-corrected chi connectivity index (χ4v) is 2.19. The molecule has 0 heterocycles. The van der Waals surface area contributed by atoms with E-state index in [0.717, 1.165) is 0 Å². The van der Waals surface area contributed by atoms with Crippen molar-refractivity contribution in [3.05, 3.63) is 10.4 Å². The molecule has 0 unspecified atom stereocenters. The van der Waals surface area contributed by atoms with Crippen molar-refractivity contribution in [2.45, 2.75) is 57.7 Å². The molecular weight excluding hydrogens is 264 g/mol. The maximum atomic E-state index is 11.7. The van der Waals surface area contributed by atoms with Crippen LogP contribution in [-0.2, 0) is 9.53 Å². The van der Waals surface area contributed by atoms with Gasteiger partial charge in [-0.3, -0.25) is 4.79 Å². The molecule has 0 spiro atoms. The van der Waals surface area contributed by atoms with Gasteiger partial charge in [0.25, 0.3) is 0 Å².